The van der Waals surface area contributed by atoms with Crippen LogP contribution in [0.4, 0.5) is 0 Å². The van der Waals surface area contributed by atoms with Crippen LogP contribution >= 0.6 is 12.4 Å². The summed E-state index contributed by atoms with van der Waals surface area (Å²) in [6, 6.07) is 14.2. The summed E-state index contributed by atoms with van der Waals surface area (Å²) in [5.41, 5.74) is 0. The van der Waals surface area contributed by atoms with Gasteiger partial charge in [-0.05, 0) is 60.7 Å². The molecule has 2 aliphatic rings. The number of hydrogen-bond acceptors (Lipinski definition) is 3. The Kier molecular flexibility index (Phi) is 5.82. The maximum absolute atomic E-state index is 12.5. The van der Waals surface area contributed by atoms with Crippen molar-refractivity contribution < 1.29 is 9.53 Å². The van der Waals surface area contributed by atoms with Gasteiger partial charge in [0.2, 0.25) is 0 Å². The summed E-state index contributed by atoms with van der Waals surface area (Å²) in [6.07, 6.45) is 2.22. The molecular weight excluding hydrogens is 336 g/mol. The first-order chi connectivity index (χ1) is 11.8. The molecule has 0 spiro atoms. The van der Waals surface area contributed by atoms with E-state index in [1.54, 1.807) is 0 Å². The highest BCUT2D eigenvalue weighted by atomic mass is 35.5. The van der Waals surface area contributed by atoms with Crippen LogP contribution in [0.25, 0.3) is 10.8 Å². The minimum absolute atomic E-state index is 0. The molecule has 5 heteroatoms. The van der Waals surface area contributed by atoms with E-state index in [0.29, 0.717) is 0 Å². The highest BCUT2D eigenvalue weighted by molar-refractivity contribution is 5.85. The molecule has 0 saturated carbocycles. The molecule has 134 valence electrons. The number of hydrogen-bond donors (Lipinski definition) is 1. The van der Waals surface area contributed by atoms with Crippen molar-refractivity contribution in [2.24, 2.45) is 11.8 Å². The van der Waals surface area contributed by atoms with Gasteiger partial charge in [0.1, 0.15) is 5.75 Å². The van der Waals surface area contributed by atoms with Crippen LogP contribution in [-0.4, -0.2) is 43.6 Å². The zero-order valence-electron chi connectivity index (χ0n) is 14.3. The summed E-state index contributed by atoms with van der Waals surface area (Å²) in [4.78, 5) is 14.5. The number of fused-ring (bicyclic) bond motifs is 2. The number of ether oxygens (including phenoxy) is 1. The third kappa shape index (κ3) is 4.07. The number of benzene rings is 2. The van der Waals surface area contributed by atoms with E-state index >= 15 is 0 Å². The molecule has 2 aliphatic heterocycles. The molecule has 0 unspecified atom stereocenters. The fourth-order valence-corrected chi connectivity index (χ4v) is 3.96. The Labute approximate surface area is 154 Å². The summed E-state index contributed by atoms with van der Waals surface area (Å²) >= 11 is 0. The maximum atomic E-state index is 12.5. The molecule has 2 heterocycles. The Morgan fingerprint density at radius 2 is 1.72 bits per heavy atom. The van der Waals surface area contributed by atoms with E-state index in [-0.39, 0.29) is 24.9 Å². The van der Waals surface area contributed by atoms with Crippen molar-refractivity contribution in [2.45, 2.75) is 12.8 Å². The maximum Gasteiger partial charge on any atom is 0.260 e. The third-order valence-electron chi connectivity index (χ3n) is 5.46. The minimum atomic E-state index is 0. The van der Waals surface area contributed by atoms with Crippen LogP contribution in [0.15, 0.2) is 42.5 Å². The molecule has 2 saturated heterocycles. The van der Waals surface area contributed by atoms with Crippen molar-refractivity contribution in [3.63, 3.8) is 0 Å². The van der Waals surface area contributed by atoms with Gasteiger partial charge in [-0.2, -0.15) is 0 Å². The van der Waals surface area contributed by atoms with Crippen molar-refractivity contribution in [3.8, 4) is 5.75 Å². The fraction of sp³-hybridized carbons (Fsp3) is 0.450. The van der Waals surface area contributed by atoms with E-state index in [2.05, 4.69) is 17.4 Å². The Hall–Kier alpha value is -1.78. The van der Waals surface area contributed by atoms with E-state index in [1.807, 2.05) is 35.2 Å². The molecular formula is C20H25ClN2O2. The second-order valence-corrected chi connectivity index (χ2v) is 6.93. The molecule has 2 aromatic rings. The van der Waals surface area contributed by atoms with Gasteiger partial charge < -0.3 is 15.0 Å². The van der Waals surface area contributed by atoms with E-state index in [1.165, 1.54) is 5.39 Å². The van der Waals surface area contributed by atoms with Crippen LogP contribution in [-0.2, 0) is 4.79 Å². The first kappa shape index (κ1) is 18.0. The van der Waals surface area contributed by atoms with Crippen molar-refractivity contribution >= 4 is 29.1 Å². The molecule has 2 fully saturated rings. The first-order valence-corrected chi connectivity index (χ1v) is 8.90. The third-order valence-corrected chi connectivity index (χ3v) is 5.46. The van der Waals surface area contributed by atoms with Gasteiger partial charge >= 0.3 is 0 Å². The van der Waals surface area contributed by atoms with Crippen LogP contribution < -0.4 is 10.1 Å². The van der Waals surface area contributed by atoms with E-state index in [9.17, 15) is 4.79 Å². The van der Waals surface area contributed by atoms with Gasteiger partial charge in [-0.25, -0.2) is 0 Å². The molecule has 2 aromatic carbocycles. The van der Waals surface area contributed by atoms with E-state index in [0.717, 1.165) is 62.0 Å². The van der Waals surface area contributed by atoms with Crippen LogP contribution in [0, 0.1) is 11.8 Å². The van der Waals surface area contributed by atoms with Crippen LogP contribution in [0.3, 0.4) is 0 Å². The number of halogens is 1. The number of likely N-dealkylation sites (tertiary alicyclic amines) is 1. The van der Waals surface area contributed by atoms with Gasteiger partial charge in [-0.3, -0.25) is 4.79 Å². The molecule has 0 radical (unpaired) electrons. The number of carbonyl (C=O) groups excluding carboxylic acids is 1. The van der Waals surface area contributed by atoms with Gasteiger partial charge in [0.05, 0.1) is 0 Å². The van der Waals surface area contributed by atoms with Crippen molar-refractivity contribution in [1.82, 2.24) is 10.2 Å². The predicted octanol–water partition coefficient (Wildman–Crippen LogP) is 3.10. The lowest BCUT2D eigenvalue weighted by atomic mass is 9.92. The minimum Gasteiger partial charge on any atom is -0.484 e. The van der Waals surface area contributed by atoms with E-state index in [4.69, 9.17) is 4.74 Å². The predicted molar refractivity (Wildman–Crippen MR) is 102 cm³/mol. The second kappa shape index (κ2) is 8.07. The van der Waals surface area contributed by atoms with Gasteiger partial charge in [-0.15, -0.1) is 12.4 Å². The summed E-state index contributed by atoms with van der Waals surface area (Å²) in [5, 5.41) is 5.79. The summed E-state index contributed by atoms with van der Waals surface area (Å²) < 4.78 is 5.76. The lowest BCUT2D eigenvalue weighted by molar-refractivity contribution is -0.133. The average Bonchev–Trinajstić information content (AvgIpc) is 2.98. The molecule has 0 aromatic heterocycles. The molecule has 1 N–H and O–H groups in total. The standard InChI is InChI=1S/C20H24N2O2.ClH/c23-20(22-9-7-17-12-21-13-18(17)8-10-22)14-24-19-6-5-15-3-1-2-4-16(15)11-19;/h1-6,11,17-18,21H,7-10,12-14H2;1H/t17-,18+;. The lowest BCUT2D eigenvalue weighted by Gasteiger charge is -2.21. The molecule has 25 heavy (non-hydrogen) atoms. The van der Waals surface area contributed by atoms with Crippen molar-refractivity contribution in [2.75, 3.05) is 32.8 Å². The van der Waals surface area contributed by atoms with Gasteiger partial charge in [-0.1, -0.05) is 30.3 Å². The van der Waals surface area contributed by atoms with Gasteiger partial charge in [0, 0.05) is 13.1 Å². The topological polar surface area (TPSA) is 41.6 Å². The normalized spacial score (nSPS) is 22.8. The number of amides is 1. The number of nitrogens with one attached hydrogen (secondary N) is 1. The first-order valence-electron chi connectivity index (χ1n) is 8.90. The molecule has 0 bridgehead atoms. The highest BCUT2D eigenvalue weighted by Crippen LogP contribution is 2.27. The Morgan fingerprint density at radius 1 is 1.04 bits per heavy atom. The molecule has 1 amide bonds. The number of carbonyl (C=O) groups is 1. The summed E-state index contributed by atoms with van der Waals surface area (Å²) in [6.45, 7) is 4.08. The lowest BCUT2D eigenvalue weighted by Crippen LogP contribution is -2.36. The van der Waals surface area contributed by atoms with Gasteiger partial charge in [0.15, 0.2) is 6.61 Å². The van der Waals surface area contributed by atoms with Crippen molar-refractivity contribution in [3.05, 3.63) is 42.5 Å². The summed E-state index contributed by atoms with van der Waals surface area (Å²) in [7, 11) is 0. The number of nitrogens with zero attached hydrogens (tertiary/aromatic N) is 1. The second-order valence-electron chi connectivity index (χ2n) is 6.93. The van der Waals surface area contributed by atoms with Crippen molar-refractivity contribution in [1.29, 1.82) is 0 Å². The molecule has 4 nitrogen and oxygen atoms in total. The quantitative estimate of drug-likeness (QED) is 0.914. The SMILES string of the molecule is Cl.O=C(COc1ccc2ccccc2c1)N1CC[C@@H]2CNC[C@@H]2CC1. The van der Waals surface area contributed by atoms with Crippen LogP contribution in [0.1, 0.15) is 12.8 Å². The molecule has 2 atom stereocenters. The Balaban J connectivity index is 0.00000182. The van der Waals surface area contributed by atoms with Crippen LogP contribution in [0.5, 0.6) is 5.75 Å². The average molecular weight is 361 g/mol. The monoisotopic (exact) mass is 360 g/mol. The molecule has 0 aliphatic carbocycles. The highest BCUT2D eigenvalue weighted by Gasteiger charge is 2.31. The Morgan fingerprint density at radius 3 is 2.44 bits per heavy atom. The zero-order chi connectivity index (χ0) is 16.4. The largest absolute Gasteiger partial charge is 0.484 e. The fourth-order valence-electron chi connectivity index (χ4n) is 3.96. The smallest absolute Gasteiger partial charge is 0.260 e. The van der Waals surface area contributed by atoms with E-state index < -0.39 is 0 Å². The van der Waals surface area contributed by atoms with Gasteiger partial charge in [0.25, 0.3) is 5.91 Å². The molecule has 4 rings (SSSR count). The summed E-state index contributed by atoms with van der Waals surface area (Å²) in [5.74, 6) is 2.35. The number of rotatable bonds is 3. The van der Waals surface area contributed by atoms with Crippen LogP contribution in [0.2, 0.25) is 0 Å². The zero-order valence-corrected chi connectivity index (χ0v) is 15.1. The Bertz CT molecular complexity index is 722.